The molecule has 25 heavy (non-hydrogen) atoms. The summed E-state index contributed by atoms with van der Waals surface area (Å²) in [6, 6.07) is 0.888. The van der Waals surface area contributed by atoms with Crippen LogP contribution >= 0.6 is 0 Å². The molecule has 0 aromatic carbocycles. The molecule has 0 saturated heterocycles. The minimum atomic E-state index is -4.49. The average molecular weight is 379 g/mol. The Kier molecular flexibility index (Phi) is 5.57. The predicted molar refractivity (Wildman–Crippen MR) is 84.2 cm³/mol. The Morgan fingerprint density at radius 2 is 1.96 bits per heavy atom. The van der Waals surface area contributed by atoms with Crippen molar-refractivity contribution in [2.75, 3.05) is 6.54 Å². The van der Waals surface area contributed by atoms with E-state index in [0.29, 0.717) is 12.2 Å². The Hall–Kier alpha value is -1.88. The highest BCUT2D eigenvalue weighted by atomic mass is 32.2. The second-order valence-corrected chi connectivity index (χ2v) is 7.55. The van der Waals surface area contributed by atoms with Crippen LogP contribution in [0.3, 0.4) is 0 Å². The van der Waals surface area contributed by atoms with Gasteiger partial charge in [0.2, 0.25) is 10.0 Å². The maximum Gasteiger partial charge on any atom is 0.435 e. The summed E-state index contributed by atoms with van der Waals surface area (Å²) in [5.41, 5.74) is -0.577. The molecule has 1 atom stereocenters. The Balaban J connectivity index is 1.98. The van der Waals surface area contributed by atoms with Crippen molar-refractivity contribution in [3.63, 3.8) is 0 Å². The summed E-state index contributed by atoms with van der Waals surface area (Å²) >= 11 is 0. The van der Waals surface area contributed by atoms with Gasteiger partial charge in [-0.1, -0.05) is 6.92 Å². The van der Waals surface area contributed by atoms with E-state index in [1.54, 1.807) is 13.8 Å². The summed E-state index contributed by atoms with van der Waals surface area (Å²) in [6.07, 6.45) is -1.82. The Morgan fingerprint density at radius 1 is 1.28 bits per heavy atom. The molecule has 2 heterocycles. The lowest BCUT2D eigenvalue weighted by atomic mass is 10.2. The van der Waals surface area contributed by atoms with Crippen molar-refractivity contribution in [1.29, 1.82) is 0 Å². The van der Waals surface area contributed by atoms with Gasteiger partial charge < -0.3 is 0 Å². The van der Waals surface area contributed by atoms with Gasteiger partial charge in [-0.05, 0) is 25.8 Å². The smallest absolute Gasteiger partial charge is 0.272 e. The molecule has 2 rings (SSSR count). The van der Waals surface area contributed by atoms with Crippen LogP contribution in [0.5, 0.6) is 0 Å². The van der Waals surface area contributed by atoms with Crippen molar-refractivity contribution in [2.45, 2.75) is 44.9 Å². The molecular weight excluding hydrogens is 359 g/mol. The summed E-state index contributed by atoms with van der Waals surface area (Å²) in [5.74, 6) is -0.253. The summed E-state index contributed by atoms with van der Waals surface area (Å²) in [4.78, 5) is 0.0972. The highest BCUT2D eigenvalue weighted by Crippen LogP contribution is 2.27. The van der Waals surface area contributed by atoms with Crippen LogP contribution in [0.4, 0.5) is 13.2 Å². The zero-order valence-electron chi connectivity index (χ0n) is 14.1. The van der Waals surface area contributed by atoms with Crippen LogP contribution in [0, 0.1) is 12.8 Å². The van der Waals surface area contributed by atoms with Crippen molar-refractivity contribution in [3.05, 3.63) is 29.8 Å². The van der Waals surface area contributed by atoms with Crippen LogP contribution in [0.2, 0.25) is 0 Å². The Labute approximate surface area is 143 Å². The van der Waals surface area contributed by atoms with Crippen molar-refractivity contribution in [3.8, 4) is 0 Å². The summed E-state index contributed by atoms with van der Waals surface area (Å²) in [5, 5.41) is 7.55. The number of nitrogens with one attached hydrogen (secondary N) is 1. The first-order chi connectivity index (χ1) is 11.5. The van der Waals surface area contributed by atoms with Gasteiger partial charge >= 0.3 is 6.18 Å². The molecule has 2 aromatic heterocycles. The minimum absolute atomic E-state index is 0.0697. The first-order valence-electron chi connectivity index (χ1n) is 7.67. The molecule has 140 valence electrons. The van der Waals surface area contributed by atoms with Gasteiger partial charge in [-0.3, -0.25) is 9.36 Å². The zero-order valence-corrected chi connectivity index (χ0v) is 14.9. The third-order valence-electron chi connectivity index (χ3n) is 3.57. The van der Waals surface area contributed by atoms with Crippen LogP contribution in [0.15, 0.2) is 23.4 Å². The Bertz CT molecular complexity index is 826. The molecule has 0 saturated carbocycles. The monoisotopic (exact) mass is 379 g/mol. The number of halogens is 3. The van der Waals surface area contributed by atoms with Gasteiger partial charge in [-0.15, -0.1) is 0 Å². The van der Waals surface area contributed by atoms with Gasteiger partial charge in [0.1, 0.15) is 4.90 Å². The van der Waals surface area contributed by atoms with Crippen molar-refractivity contribution in [1.82, 2.24) is 24.3 Å². The number of rotatable bonds is 7. The first kappa shape index (κ1) is 19.4. The fourth-order valence-electron chi connectivity index (χ4n) is 2.25. The van der Waals surface area contributed by atoms with E-state index in [-0.39, 0.29) is 23.9 Å². The van der Waals surface area contributed by atoms with Gasteiger partial charge in [-0.2, -0.15) is 23.4 Å². The van der Waals surface area contributed by atoms with E-state index in [9.17, 15) is 21.6 Å². The lowest BCUT2D eigenvalue weighted by molar-refractivity contribution is -0.141. The lowest BCUT2D eigenvalue weighted by Gasteiger charge is -2.13. The minimum Gasteiger partial charge on any atom is -0.272 e. The zero-order chi connectivity index (χ0) is 18.8. The second kappa shape index (κ2) is 7.16. The van der Waals surface area contributed by atoms with Gasteiger partial charge in [0.15, 0.2) is 5.69 Å². The largest absolute Gasteiger partial charge is 0.435 e. The predicted octanol–water partition coefficient (Wildman–Crippen LogP) is 2.04. The topological polar surface area (TPSA) is 81.8 Å². The average Bonchev–Trinajstić information content (AvgIpc) is 3.11. The summed E-state index contributed by atoms with van der Waals surface area (Å²) in [6.45, 7) is 5.95. The number of alkyl halides is 3. The molecule has 0 spiro atoms. The van der Waals surface area contributed by atoms with E-state index >= 15 is 0 Å². The van der Waals surface area contributed by atoms with Gasteiger partial charge in [0.25, 0.3) is 0 Å². The Morgan fingerprint density at radius 3 is 2.48 bits per heavy atom. The molecule has 2 aromatic rings. The maximum absolute atomic E-state index is 12.5. The highest BCUT2D eigenvalue weighted by molar-refractivity contribution is 7.89. The van der Waals surface area contributed by atoms with Crippen molar-refractivity contribution >= 4 is 10.0 Å². The number of sulfonamides is 1. The van der Waals surface area contributed by atoms with Crippen LogP contribution in [0.1, 0.15) is 25.2 Å². The molecular formula is C14H20F3N5O2S. The molecule has 0 aliphatic carbocycles. The molecule has 7 nitrogen and oxygen atoms in total. The van der Waals surface area contributed by atoms with Gasteiger partial charge in [-0.25, -0.2) is 13.1 Å². The van der Waals surface area contributed by atoms with Crippen LogP contribution in [-0.4, -0.2) is 34.5 Å². The van der Waals surface area contributed by atoms with E-state index < -0.39 is 21.9 Å². The summed E-state index contributed by atoms with van der Waals surface area (Å²) in [7, 11) is -3.73. The van der Waals surface area contributed by atoms with Gasteiger partial charge in [0.05, 0.1) is 5.69 Å². The molecule has 0 unspecified atom stereocenters. The molecule has 0 bridgehead atoms. The van der Waals surface area contributed by atoms with E-state index in [1.807, 2.05) is 6.92 Å². The third kappa shape index (κ3) is 4.82. The molecule has 0 radical (unpaired) electrons. The number of hydrogen-bond donors (Lipinski definition) is 1. The number of aryl methyl sites for hydroxylation is 2. The van der Waals surface area contributed by atoms with E-state index in [2.05, 4.69) is 14.9 Å². The normalized spacial score (nSPS) is 14.0. The van der Waals surface area contributed by atoms with E-state index in [0.717, 1.165) is 10.7 Å². The van der Waals surface area contributed by atoms with Crippen LogP contribution < -0.4 is 4.72 Å². The van der Waals surface area contributed by atoms with Crippen LogP contribution in [-0.2, 0) is 29.3 Å². The molecule has 0 aliphatic heterocycles. The number of hydrogen-bond acceptors (Lipinski definition) is 4. The fraction of sp³-hybridized carbons (Fsp3) is 0.571. The molecule has 1 N–H and O–H groups in total. The molecule has 0 amide bonds. The molecule has 11 heteroatoms. The molecule has 0 aliphatic rings. The SMILES string of the molecule is CCn1cc(S(=O)(=O)NC[C@H](C)Cn2ccc(C(F)(F)F)n2)c(C)n1. The number of aromatic nitrogens is 4. The quantitative estimate of drug-likeness (QED) is 0.798. The summed E-state index contributed by atoms with van der Waals surface area (Å²) < 4.78 is 67.4. The lowest BCUT2D eigenvalue weighted by Crippen LogP contribution is -2.30. The standard InChI is InChI=1S/C14H20F3N5O2S/c1-4-21-9-12(11(3)19-21)25(23,24)18-7-10(2)8-22-6-5-13(20-22)14(15,16)17/h5-6,9-10,18H,4,7-8H2,1-3H3/t10-/m0/s1. The third-order valence-corrected chi connectivity index (χ3v) is 5.09. The number of nitrogens with zero attached hydrogens (tertiary/aromatic N) is 4. The second-order valence-electron chi connectivity index (χ2n) is 5.81. The highest BCUT2D eigenvalue weighted by Gasteiger charge is 2.33. The van der Waals surface area contributed by atoms with E-state index in [1.165, 1.54) is 17.1 Å². The van der Waals surface area contributed by atoms with Crippen molar-refractivity contribution < 1.29 is 21.6 Å². The first-order valence-corrected chi connectivity index (χ1v) is 9.15. The molecule has 0 fully saturated rings. The van der Waals surface area contributed by atoms with Gasteiger partial charge in [0, 0.05) is 32.0 Å². The maximum atomic E-state index is 12.5. The fourth-order valence-corrected chi connectivity index (χ4v) is 3.60. The van der Waals surface area contributed by atoms with Crippen molar-refractivity contribution in [2.24, 2.45) is 5.92 Å². The van der Waals surface area contributed by atoms with Crippen LogP contribution in [0.25, 0.3) is 0 Å². The van der Waals surface area contributed by atoms with E-state index in [4.69, 9.17) is 0 Å².